The van der Waals surface area contributed by atoms with Crippen LogP contribution in [0.25, 0.3) is 0 Å². The van der Waals surface area contributed by atoms with Crippen LogP contribution >= 0.6 is 0 Å². The number of rotatable bonds is 11. The van der Waals surface area contributed by atoms with Gasteiger partial charge in [0.1, 0.15) is 0 Å². The predicted molar refractivity (Wildman–Crippen MR) is 82.9 cm³/mol. The summed E-state index contributed by atoms with van der Waals surface area (Å²) in [6.45, 7) is 4.93. The van der Waals surface area contributed by atoms with Crippen molar-refractivity contribution >= 4 is 11.8 Å². The zero-order valence-electron chi connectivity index (χ0n) is 13.7. The summed E-state index contributed by atoms with van der Waals surface area (Å²) >= 11 is 0. The molecular weight excluding hydrogens is 280 g/mol. The van der Waals surface area contributed by atoms with E-state index in [1.807, 2.05) is 26.2 Å². The fraction of sp³-hybridized carbons (Fsp3) is 0.750. The first kappa shape index (κ1) is 19.9. The van der Waals surface area contributed by atoms with E-state index in [1.54, 1.807) is 0 Å². The molecule has 0 rings (SSSR count). The Morgan fingerprint density at radius 1 is 0.773 bits per heavy atom. The van der Waals surface area contributed by atoms with Crippen LogP contribution in [-0.2, 0) is 9.59 Å². The van der Waals surface area contributed by atoms with Crippen molar-refractivity contribution in [2.45, 2.75) is 65.2 Å². The van der Waals surface area contributed by atoms with E-state index in [4.69, 9.17) is 10.5 Å². The molecule has 2 amide bonds. The van der Waals surface area contributed by atoms with Gasteiger partial charge < -0.3 is 0 Å². The SMILES string of the molecule is CCCCN(C#N)C(=O)CCCCC(=O)N(C#N)CCCC. The van der Waals surface area contributed by atoms with Crippen LogP contribution in [0.1, 0.15) is 65.2 Å². The number of hydrogen-bond acceptors (Lipinski definition) is 4. The first-order valence-corrected chi connectivity index (χ1v) is 8.00. The molecule has 0 heterocycles. The van der Waals surface area contributed by atoms with E-state index in [0.29, 0.717) is 25.9 Å². The fourth-order valence-corrected chi connectivity index (χ4v) is 1.92. The highest BCUT2D eigenvalue weighted by Crippen LogP contribution is 2.07. The Kier molecular flexibility index (Phi) is 11.4. The van der Waals surface area contributed by atoms with Gasteiger partial charge in [0.15, 0.2) is 12.4 Å². The first-order chi connectivity index (χ1) is 10.6. The summed E-state index contributed by atoms with van der Waals surface area (Å²) in [6, 6.07) is 0. The zero-order valence-corrected chi connectivity index (χ0v) is 13.7. The molecule has 0 aromatic heterocycles. The van der Waals surface area contributed by atoms with Gasteiger partial charge in [-0.1, -0.05) is 26.7 Å². The van der Waals surface area contributed by atoms with E-state index < -0.39 is 0 Å². The van der Waals surface area contributed by atoms with Gasteiger partial charge in [0.2, 0.25) is 11.8 Å². The maximum Gasteiger partial charge on any atom is 0.235 e. The quantitative estimate of drug-likeness (QED) is 0.333. The van der Waals surface area contributed by atoms with Crippen LogP contribution in [-0.4, -0.2) is 34.7 Å². The molecule has 0 saturated carbocycles. The lowest BCUT2D eigenvalue weighted by Crippen LogP contribution is -2.28. The van der Waals surface area contributed by atoms with E-state index in [9.17, 15) is 9.59 Å². The van der Waals surface area contributed by atoms with E-state index in [0.717, 1.165) is 25.7 Å². The minimum atomic E-state index is -0.188. The Hall–Kier alpha value is -2.08. The third-order valence-electron chi connectivity index (χ3n) is 3.35. The predicted octanol–water partition coefficient (Wildman–Crippen LogP) is 2.77. The zero-order chi connectivity index (χ0) is 16.8. The molecule has 0 unspecified atom stereocenters. The molecule has 0 radical (unpaired) electrons. The average Bonchev–Trinajstić information content (AvgIpc) is 2.53. The van der Waals surface area contributed by atoms with Crippen molar-refractivity contribution in [3.63, 3.8) is 0 Å². The highest BCUT2D eigenvalue weighted by molar-refractivity contribution is 5.78. The van der Waals surface area contributed by atoms with Gasteiger partial charge in [-0.15, -0.1) is 0 Å². The highest BCUT2D eigenvalue weighted by atomic mass is 16.2. The van der Waals surface area contributed by atoms with Crippen LogP contribution in [0.4, 0.5) is 0 Å². The largest absolute Gasteiger partial charge is 0.274 e. The van der Waals surface area contributed by atoms with Gasteiger partial charge in [-0.05, 0) is 25.7 Å². The Labute approximate surface area is 133 Å². The molecule has 0 aliphatic carbocycles. The molecule has 0 spiro atoms. The Balaban J connectivity index is 4.00. The third-order valence-corrected chi connectivity index (χ3v) is 3.35. The van der Waals surface area contributed by atoms with Gasteiger partial charge in [0, 0.05) is 25.9 Å². The van der Waals surface area contributed by atoms with E-state index >= 15 is 0 Å². The average molecular weight is 306 g/mol. The number of nitrogens with zero attached hydrogens (tertiary/aromatic N) is 4. The highest BCUT2D eigenvalue weighted by Gasteiger charge is 2.14. The standard InChI is InChI=1S/C16H26N4O2/c1-3-5-11-19(13-17)15(21)9-7-8-10-16(22)20(14-18)12-6-4-2/h3-12H2,1-2H3. The molecule has 0 atom stereocenters. The Morgan fingerprint density at radius 2 is 1.14 bits per heavy atom. The molecule has 6 heteroatoms. The summed E-state index contributed by atoms with van der Waals surface area (Å²) in [4.78, 5) is 26.0. The molecule has 0 N–H and O–H groups in total. The van der Waals surface area contributed by atoms with Crippen LogP contribution in [0, 0.1) is 22.9 Å². The number of carbonyl (C=O) groups excluding carboxylic acids is 2. The summed E-state index contributed by atoms with van der Waals surface area (Å²) in [6.07, 6.45) is 8.95. The minimum absolute atomic E-state index is 0.188. The summed E-state index contributed by atoms with van der Waals surface area (Å²) in [5.41, 5.74) is 0. The third kappa shape index (κ3) is 8.26. The van der Waals surface area contributed by atoms with Gasteiger partial charge in [-0.2, -0.15) is 10.5 Å². The smallest absolute Gasteiger partial charge is 0.235 e. The van der Waals surface area contributed by atoms with E-state index in [1.165, 1.54) is 9.80 Å². The minimum Gasteiger partial charge on any atom is -0.274 e. The monoisotopic (exact) mass is 306 g/mol. The van der Waals surface area contributed by atoms with Crippen LogP contribution < -0.4 is 0 Å². The van der Waals surface area contributed by atoms with Gasteiger partial charge >= 0.3 is 0 Å². The van der Waals surface area contributed by atoms with Gasteiger partial charge in [0.05, 0.1) is 0 Å². The summed E-state index contributed by atoms with van der Waals surface area (Å²) in [7, 11) is 0. The van der Waals surface area contributed by atoms with Gasteiger partial charge in [-0.3, -0.25) is 9.59 Å². The molecule has 22 heavy (non-hydrogen) atoms. The lowest BCUT2D eigenvalue weighted by Gasteiger charge is -2.14. The summed E-state index contributed by atoms with van der Waals surface area (Å²) in [5, 5.41) is 17.8. The number of amides is 2. The van der Waals surface area contributed by atoms with Crippen molar-refractivity contribution in [1.82, 2.24) is 9.80 Å². The Bertz CT molecular complexity index is 383. The van der Waals surface area contributed by atoms with Crippen LogP contribution in [0.15, 0.2) is 0 Å². The number of carbonyl (C=O) groups is 2. The Morgan fingerprint density at radius 3 is 1.41 bits per heavy atom. The molecule has 0 bridgehead atoms. The van der Waals surface area contributed by atoms with Crippen molar-refractivity contribution in [3.8, 4) is 12.4 Å². The van der Waals surface area contributed by atoms with Crippen molar-refractivity contribution in [3.05, 3.63) is 0 Å². The van der Waals surface area contributed by atoms with Crippen molar-refractivity contribution < 1.29 is 9.59 Å². The molecule has 0 aliphatic rings. The molecule has 6 nitrogen and oxygen atoms in total. The number of nitriles is 2. The van der Waals surface area contributed by atoms with Crippen LogP contribution in [0.3, 0.4) is 0 Å². The molecular formula is C16H26N4O2. The van der Waals surface area contributed by atoms with Crippen LogP contribution in [0.2, 0.25) is 0 Å². The second-order valence-electron chi connectivity index (χ2n) is 5.20. The lowest BCUT2D eigenvalue weighted by atomic mass is 10.1. The summed E-state index contributed by atoms with van der Waals surface area (Å²) in [5.74, 6) is -0.377. The lowest BCUT2D eigenvalue weighted by molar-refractivity contribution is -0.130. The van der Waals surface area contributed by atoms with Crippen molar-refractivity contribution in [1.29, 1.82) is 10.5 Å². The molecule has 122 valence electrons. The maximum absolute atomic E-state index is 11.8. The second-order valence-corrected chi connectivity index (χ2v) is 5.20. The first-order valence-electron chi connectivity index (χ1n) is 8.00. The molecule has 0 aliphatic heterocycles. The van der Waals surface area contributed by atoms with Gasteiger partial charge in [0.25, 0.3) is 0 Å². The molecule has 0 saturated heterocycles. The second kappa shape index (κ2) is 12.6. The fourth-order valence-electron chi connectivity index (χ4n) is 1.92. The topological polar surface area (TPSA) is 88.2 Å². The molecule has 0 fully saturated rings. The van der Waals surface area contributed by atoms with Crippen LogP contribution in [0.5, 0.6) is 0 Å². The van der Waals surface area contributed by atoms with E-state index in [2.05, 4.69) is 0 Å². The maximum atomic E-state index is 11.8. The summed E-state index contributed by atoms with van der Waals surface area (Å²) < 4.78 is 0. The molecule has 0 aromatic rings. The molecule has 0 aromatic carbocycles. The number of unbranched alkanes of at least 4 members (excludes halogenated alkanes) is 3. The normalized spacial score (nSPS) is 9.64. The number of hydrogen-bond donors (Lipinski definition) is 0. The van der Waals surface area contributed by atoms with Crippen molar-refractivity contribution in [2.24, 2.45) is 0 Å². The van der Waals surface area contributed by atoms with Crippen molar-refractivity contribution in [2.75, 3.05) is 13.1 Å². The van der Waals surface area contributed by atoms with E-state index in [-0.39, 0.29) is 24.7 Å². The van der Waals surface area contributed by atoms with Gasteiger partial charge in [-0.25, -0.2) is 9.80 Å².